The summed E-state index contributed by atoms with van der Waals surface area (Å²) in [6, 6.07) is 0. The summed E-state index contributed by atoms with van der Waals surface area (Å²) in [5.74, 6) is 0.632. The summed E-state index contributed by atoms with van der Waals surface area (Å²) in [6.45, 7) is 18.7. The summed E-state index contributed by atoms with van der Waals surface area (Å²) >= 11 is 0. The Hall–Kier alpha value is -0.780. The first-order chi connectivity index (χ1) is 10.2. The van der Waals surface area contributed by atoms with Crippen LogP contribution in [-0.2, 0) is 0 Å². The Bertz CT molecular complexity index is 462. The molecule has 1 rings (SSSR count). The molecule has 0 aliphatic heterocycles. The fourth-order valence-corrected chi connectivity index (χ4v) is 3.44. The van der Waals surface area contributed by atoms with Crippen LogP contribution in [0.25, 0.3) is 0 Å². The van der Waals surface area contributed by atoms with Crippen LogP contribution < -0.4 is 0 Å². The van der Waals surface area contributed by atoms with Crippen molar-refractivity contribution < 1.29 is 0 Å². The lowest BCUT2D eigenvalue weighted by Gasteiger charge is -2.36. The van der Waals surface area contributed by atoms with Gasteiger partial charge in [0.15, 0.2) is 0 Å². The topological polar surface area (TPSA) is 0 Å². The highest BCUT2D eigenvalue weighted by Gasteiger charge is 2.29. The lowest BCUT2D eigenvalue weighted by molar-refractivity contribution is 0.315. The lowest BCUT2D eigenvalue weighted by atomic mass is 9.69. The molecule has 1 aliphatic carbocycles. The average Bonchev–Trinajstić information content (AvgIpc) is 2.42. The Balaban J connectivity index is 3.33. The molecule has 0 aromatic carbocycles. The summed E-state index contributed by atoms with van der Waals surface area (Å²) in [5.41, 5.74) is 8.39. The zero-order chi connectivity index (χ0) is 16.9. The van der Waals surface area contributed by atoms with Crippen LogP contribution in [0.4, 0.5) is 0 Å². The largest absolute Gasteiger partial charge is 0.0808 e. The number of unbranched alkanes of at least 4 members (excludes halogenated alkanes) is 2. The monoisotopic (exact) mass is 302 g/mol. The minimum Gasteiger partial charge on any atom is -0.0808 e. The molecule has 126 valence electrons. The van der Waals surface area contributed by atoms with Crippen molar-refractivity contribution in [1.29, 1.82) is 0 Å². The van der Waals surface area contributed by atoms with E-state index >= 15 is 0 Å². The van der Waals surface area contributed by atoms with Gasteiger partial charge in [-0.15, -0.1) is 0 Å². The second kappa shape index (κ2) is 8.18. The summed E-state index contributed by atoms with van der Waals surface area (Å²) in [4.78, 5) is 0. The van der Waals surface area contributed by atoms with Crippen LogP contribution in [0.15, 0.2) is 33.9 Å². The molecule has 22 heavy (non-hydrogen) atoms. The van der Waals surface area contributed by atoms with Crippen LogP contribution in [0.2, 0.25) is 0 Å². The number of hydrogen-bond donors (Lipinski definition) is 0. The molecule has 0 N–H and O–H groups in total. The molecule has 0 amide bonds. The van der Waals surface area contributed by atoms with Gasteiger partial charge in [-0.1, -0.05) is 59.1 Å². The average molecular weight is 303 g/mol. The van der Waals surface area contributed by atoms with Crippen molar-refractivity contribution in [1.82, 2.24) is 0 Å². The van der Waals surface area contributed by atoms with Gasteiger partial charge in [-0.25, -0.2) is 0 Å². The van der Waals surface area contributed by atoms with E-state index in [9.17, 15) is 0 Å². The van der Waals surface area contributed by atoms with Crippen molar-refractivity contribution in [2.24, 2.45) is 11.3 Å². The SMILES string of the molecule is CCCC/C=C(\C1=C(C(C)=C(C)C)CC(C)(C)CC1)C(C)C. The Morgan fingerprint density at radius 3 is 2.27 bits per heavy atom. The predicted octanol–water partition coefficient (Wildman–Crippen LogP) is 7.62. The van der Waals surface area contributed by atoms with E-state index < -0.39 is 0 Å². The van der Waals surface area contributed by atoms with Gasteiger partial charge in [-0.2, -0.15) is 0 Å². The van der Waals surface area contributed by atoms with Crippen molar-refractivity contribution in [3.05, 3.63) is 33.9 Å². The molecule has 0 aromatic heterocycles. The normalized spacial score (nSPS) is 18.9. The van der Waals surface area contributed by atoms with Crippen LogP contribution in [0.3, 0.4) is 0 Å². The standard InChI is InChI=1S/C22H38/c1-9-10-11-12-19(17(4)5)20-13-14-22(7,8)15-21(20)18(6)16(2)3/h12,17H,9-11,13-15H2,1-8H3/b19-12-. The smallest absolute Gasteiger partial charge is 0.0219 e. The molecule has 0 bridgehead atoms. The maximum Gasteiger partial charge on any atom is -0.0219 e. The molecule has 0 atom stereocenters. The van der Waals surface area contributed by atoms with E-state index in [-0.39, 0.29) is 0 Å². The predicted molar refractivity (Wildman–Crippen MR) is 101 cm³/mol. The minimum absolute atomic E-state index is 0.445. The molecule has 0 spiro atoms. The van der Waals surface area contributed by atoms with E-state index in [1.807, 2.05) is 0 Å². The fourth-order valence-electron chi connectivity index (χ4n) is 3.44. The zero-order valence-corrected chi connectivity index (χ0v) is 16.4. The first kappa shape index (κ1) is 19.3. The third-order valence-corrected chi connectivity index (χ3v) is 5.17. The Morgan fingerprint density at radius 1 is 1.14 bits per heavy atom. The summed E-state index contributed by atoms with van der Waals surface area (Å²) in [7, 11) is 0. The van der Waals surface area contributed by atoms with Gasteiger partial charge < -0.3 is 0 Å². The van der Waals surface area contributed by atoms with E-state index in [1.54, 1.807) is 16.7 Å². The molecule has 1 aliphatic rings. The second-order valence-electron chi connectivity index (χ2n) is 8.38. The lowest BCUT2D eigenvalue weighted by Crippen LogP contribution is -2.21. The fraction of sp³-hybridized carbons (Fsp3) is 0.727. The Kier molecular flexibility index (Phi) is 7.16. The Morgan fingerprint density at radius 2 is 1.77 bits per heavy atom. The van der Waals surface area contributed by atoms with E-state index in [2.05, 4.69) is 61.5 Å². The van der Waals surface area contributed by atoms with Crippen LogP contribution in [0.5, 0.6) is 0 Å². The first-order valence-corrected chi connectivity index (χ1v) is 9.26. The number of rotatable bonds is 6. The minimum atomic E-state index is 0.445. The van der Waals surface area contributed by atoms with Gasteiger partial charge in [0.2, 0.25) is 0 Å². The first-order valence-electron chi connectivity index (χ1n) is 9.26. The maximum absolute atomic E-state index is 2.54. The van der Waals surface area contributed by atoms with Gasteiger partial charge in [0.1, 0.15) is 0 Å². The van der Waals surface area contributed by atoms with Crippen molar-refractivity contribution >= 4 is 0 Å². The number of allylic oxidation sites excluding steroid dienone is 6. The van der Waals surface area contributed by atoms with E-state index in [0.717, 1.165) is 0 Å². The van der Waals surface area contributed by atoms with Crippen molar-refractivity contribution in [2.45, 2.75) is 93.9 Å². The molecule has 0 nitrogen and oxygen atoms in total. The van der Waals surface area contributed by atoms with Crippen molar-refractivity contribution in [3.63, 3.8) is 0 Å². The quantitative estimate of drug-likeness (QED) is 0.442. The molecule has 0 unspecified atom stereocenters. The van der Waals surface area contributed by atoms with Gasteiger partial charge >= 0.3 is 0 Å². The van der Waals surface area contributed by atoms with Crippen LogP contribution >= 0.6 is 0 Å². The zero-order valence-electron chi connectivity index (χ0n) is 16.4. The number of hydrogen-bond acceptors (Lipinski definition) is 0. The van der Waals surface area contributed by atoms with Gasteiger partial charge in [-0.05, 0) is 80.1 Å². The highest BCUT2D eigenvalue weighted by molar-refractivity contribution is 5.48. The molecule has 0 heterocycles. The Labute approximate surface area is 139 Å². The third-order valence-electron chi connectivity index (χ3n) is 5.17. The summed E-state index contributed by atoms with van der Waals surface area (Å²) < 4.78 is 0. The molecular formula is C22H38. The van der Waals surface area contributed by atoms with Crippen molar-refractivity contribution in [2.75, 3.05) is 0 Å². The molecule has 0 radical (unpaired) electrons. The molecule has 0 heteroatoms. The highest BCUT2D eigenvalue weighted by Crippen LogP contribution is 2.45. The second-order valence-corrected chi connectivity index (χ2v) is 8.38. The summed E-state index contributed by atoms with van der Waals surface area (Å²) in [6.07, 6.45) is 10.2. The molecule has 0 saturated carbocycles. The van der Waals surface area contributed by atoms with Gasteiger partial charge in [-0.3, -0.25) is 0 Å². The van der Waals surface area contributed by atoms with E-state index in [4.69, 9.17) is 0 Å². The van der Waals surface area contributed by atoms with Gasteiger partial charge in [0.05, 0.1) is 0 Å². The van der Waals surface area contributed by atoms with Crippen LogP contribution in [0.1, 0.15) is 93.9 Å². The van der Waals surface area contributed by atoms with E-state index in [1.165, 1.54) is 49.7 Å². The van der Waals surface area contributed by atoms with Crippen LogP contribution in [-0.4, -0.2) is 0 Å². The van der Waals surface area contributed by atoms with E-state index in [0.29, 0.717) is 11.3 Å². The molecule has 0 saturated heterocycles. The summed E-state index contributed by atoms with van der Waals surface area (Å²) in [5, 5.41) is 0. The highest BCUT2D eigenvalue weighted by atomic mass is 14.3. The molecule has 0 fully saturated rings. The maximum atomic E-state index is 2.54. The van der Waals surface area contributed by atoms with Gasteiger partial charge in [0, 0.05) is 0 Å². The van der Waals surface area contributed by atoms with Crippen molar-refractivity contribution in [3.8, 4) is 0 Å². The van der Waals surface area contributed by atoms with Crippen LogP contribution in [0, 0.1) is 11.3 Å². The molecular weight excluding hydrogens is 264 g/mol. The molecule has 0 aromatic rings. The third kappa shape index (κ3) is 5.14. The van der Waals surface area contributed by atoms with Gasteiger partial charge in [0.25, 0.3) is 0 Å².